The number of hydrogen-bond acceptors (Lipinski definition) is 0. The van der Waals surface area contributed by atoms with E-state index in [1.807, 2.05) is 24.3 Å². The molecule has 7 rings (SSSR count). The summed E-state index contributed by atoms with van der Waals surface area (Å²) in [5.74, 6) is 0. The summed E-state index contributed by atoms with van der Waals surface area (Å²) in [4.78, 5) is 3.58. The topological polar surface area (TPSA) is 14.2 Å². The second-order valence-corrected chi connectivity index (χ2v) is 8.52. The van der Waals surface area contributed by atoms with Crippen LogP contribution in [0.15, 0.2) is 115 Å². The van der Waals surface area contributed by atoms with E-state index in [-0.39, 0.29) is 0 Å². The summed E-state index contributed by atoms with van der Waals surface area (Å²) < 4.78 is 4.72. The molecule has 0 amide bonds. The zero-order valence-electron chi connectivity index (χ0n) is 18.3. The van der Waals surface area contributed by atoms with E-state index in [1.165, 1.54) is 32.6 Å². The lowest BCUT2D eigenvalue weighted by Crippen LogP contribution is -2.00. The van der Waals surface area contributed by atoms with Crippen LogP contribution in [-0.2, 0) is 0 Å². The number of nitrogens with zero attached hydrogens (tertiary/aromatic N) is 3. The average molecular weight is 434 g/mol. The zero-order valence-corrected chi connectivity index (χ0v) is 18.3. The van der Waals surface area contributed by atoms with E-state index in [2.05, 4.69) is 105 Å². The molecule has 0 fully saturated rings. The summed E-state index contributed by atoms with van der Waals surface area (Å²) in [7, 11) is 0. The number of fused-ring (bicyclic) bond motifs is 6. The van der Waals surface area contributed by atoms with Crippen molar-refractivity contribution in [1.29, 1.82) is 0 Å². The van der Waals surface area contributed by atoms with Gasteiger partial charge in [-0.05, 0) is 36.4 Å². The van der Waals surface area contributed by atoms with E-state index in [0.29, 0.717) is 5.69 Å². The second kappa shape index (κ2) is 7.10. The van der Waals surface area contributed by atoms with Gasteiger partial charge in [0.05, 0.1) is 34.3 Å². The van der Waals surface area contributed by atoms with Crippen LogP contribution in [0.1, 0.15) is 0 Å². The first-order valence-electron chi connectivity index (χ1n) is 11.3. The van der Waals surface area contributed by atoms with E-state index in [9.17, 15) is 0 Å². The standard InChI is InChI=1S/C31H19N3/c1-32-21-17-19-22(20-18-21)33-27-13-5-4-11-25(27)26-12-8-16-30(31(26)33)34-28-14-6-2-9-23(28)24-10-3-7-15-29(24)34/h2-20H. The third-order valence-electron chi connectivity index (χ3n) is 6.73. The Balaban J connectivity index is 1.69. The first kappa shape index (κ1) is 18.7. The number of para-hydroxylation sites is 4. The highest BCUT2D eigenvalue weighted by atomic mass is 15.1. The van der Waals surface area contributed by atoms with Gasteiger partial charge in [0, 0.05) is 27.2 Å². The lowest BCUT2D eigenvalue weighted by molar-refractivity contribution is 1.13. The van der Waals surface area contributed by atoms with Crippen molar-refractivity contribution in [3.8, 4) is 11.4 Å². The minimum absolute atomic E-state index is 0.645. The van der Waals surface area contributed by atoms with Crippen LogP contribution in [0.5, 0.6) is 0 Å². The summed E-state index contributed by atoms with van der Waals surface area (Å²) in [6.45, 7) is 7.35. The Kier molecular flexibility index (Phi) is 3.91. The molecule has 2 aromatic heterocycles. The van der Waals surface area contributed by atoms with Crippen LogP contribution in [0.3, 0.4) is 0 Å². The van der Waals surface area contributed by atoms with Crippen molar-refractivity contribution in [3.05, 3.63) is 127 Å². The molecule has 3 heteroatoms. The number of hydrogen-bond donors (Lipinski definition) is 0. The molecular formula is C31H19N3. The Bertz CT molecular complexity index is 1860. The van der Waals surface area contributed by atoms with Crippen LogP contribution < -0.4 is 0 Å². The van der Waals surface area contributed by atoms with Gasteiger partial charge in [0.15, 0.2) is 5.69 Å². The lowest BCUT2D eigenvalue weighted by atomic mass is 10.1. The molecule has 0 aliphatic rings. The molecule has 0 aliphatic heterocycles. The molecule has 0 N–H and O–H groups in total. The zero-order chi connectivity index (χ0) is 22.6. The van der Waals surface area contributed by atoms with Crippen molar-refractivity contribution in [2.45, 2.75) is 0 Å². The Morgan fingerprint density at radius 1 is 0.471 bits per heavy atom. The molecule has 0 unspecified atom stereocenters. The largest absolute Gasteiger partial charge is 0.307 e. The van der Waals surface area contributed by atoms with E-state index in [4.69, 9.17) is 6.57 Å². The van der Waals surface area contributed by atoms with Gasteiger partial charge in [-0.1, -0.05) is 78.9 Å². The molecule has 34 heavy (non-hydrogen) atoms. The van der Waals surface area contributed by atoms with Crippen LogP contribution in [0.4, 0.5) is 5.69 Å². The highest BCUT2D eigenvalue weighted by Crippen LogP contribution is 2.39. The summed E-state index contributed by atoms with van der Waals surface area (Å²) in [6, 6.07) is 40.2. The Morgan fingerprint density at radius 2 is 0.971 bits per heavy atom. The number of benzene rings is 5. The molecule has 5 aromatic carbocycles. The molecule has 0 atom stereocenters. The van der Waals surface area contributed by atoms with Crippen molar-refractivity contribution in [3.63, 3.8) is 0 Å². The van der Waals surface area contributed by atoms with Gasteiger partial charge in [0.25, 0.3) is 0 Å². The van der Waals surface area contributed by atoms with Gasteiger partial charge in [-0.15, -0.1) is 0 Å². The van der Waals surface area contributed by atoms with Crippen LogP contribution in [0.25, 0.3) is 59.8 Å². The molecule has 7 aromatic rings. The third-order valence-corrected chi connectivity index (χ3v) is 6.73. The second-order valence-electron chi connectivity index (χ2n) is 8.52. The van der Waals surface area contributed by atoms with Crippen LogP contribution in [-0.4, -0.2) is 9.13 Å². The minimum atomic E-state index is 0.645. The fourth-order valence-electron chi connectivity index (χ4n) is 5.31. The quantitative estimate of drug-likeness (QED) is 0.243. The average Bonchev–Trinajstić information content (AvgIpc) is 3.42. The number of aromatic nitrogens is 2. The molecule has 0 radical (unpaired) electrons. The van der Waals surface area contributed by atoms with Gasteiger partial charge in [-0.3, -0.25) is 0 Å². The van der Waals surface area contributed by atoms with Crippen molar-refractivity contribution in [2.75, 3.05) is 0 Å². The summed E-state index contributed by atoms with van der Waals surface area (Å²) in [6.07, 6.45) is 0. The predicted octanol–water partition coefficient (Wildman–Crippen LogP) is 8.43. The molecule has 158 valence electrons. The van der Waals surface area contributed by atoms with E-state index in [0.717, 1.165) is 22.4 Å². The van der Waals surface area contributed by atoms with Crippen LogP contribution in [0, 0.1) is 6.57 Å². The molecule has 0 saturated carbocycles. The van der Waals surface area contributed by atoms with Crippen molar-refractivity contribution >= 4 is 49.3 Å². The maximum atomic E-state index is 7.35. The molecule has 0 aliphatic carbocycles. The van der Waals surface area contributed by atoms with Crippen molar-refractivity contribution < 1.29 is 0 Å². The fraction of sp³-hybridized carbons (Fsp3) is 0. The molecule has 0 bridgehead atoms. The summed E-state index contributed by atoms with van der Waals surface area (Å²) in [5.41, 5.74) is 7.53. The van der Waals surface area contributed by atoms with Gasteiger partial charge in [-0.2, -0.15) is 0 Å². The third kappa shape index (κ3) is 2.51. The van der Waals surface area contributed by atoms with Gasteiger partial charge in [0.2, 0.25) is 0 Å². The van der Waals surface area contributed by atoms with E-state index in [1.54, 1.807) is 0 Å². The summed E-state index contributed by atoms with van der Waals surface area (Å²) in [5, 5.41) is 4.93. The monoisotopic (exact) mass is 433 g/mol. The fourth-order valence-corrected chi connectivity index (χ4v) is 5.31. The van der Waals surface area contributed by atoms with Crippen LogP contribution >= 0.6 is 0 Å². The maximum absolute atomic E-state index is 7.35. The van der Waals surface area contributed by atoms with Crippen molar-refractivity contribution in [2.24, 2.45) is 0 Å². The maximum Gasteiger partial charge on any atom is 0.187 e. The highest BCUT2D eigenvalue weighted by molar-refractivity contribution is 6.15. The highest BCUT2D eigenvalue weighted by Gasteiger charge is 2.19. The lowest BCUT2D eigenvalue weighted by Gasteiger charge is -2.14. The molecule has 0 spiro atoms. The minimum Gasteiger partial charge on any atom is -0.307 e. The SMILES string of the molecule is [C-]#[N+]c1ccc(-n2c3ccccc3c3cccc(-n4c5ccccc5c5ccccc54)c32)cc1. The predicted molar refractivity (Wildman–Crippen MR) is 141 cm³/mol. The number of rotatable bonds is 2. The van der Waals surface area contributed by atoms with Gasteiger partial charge < -0.3 is 9.13 Å². The Labute approximate surface area is 196 Å². The van der Waals surface area contributed by atoms with Gasteiger partial charge >= 0.3 is 0 Å². The first-order chi connectivity index (χ1) is 16.8. The summed E-state index contributed by atoms with van der Waals surface area (Å²) >= 11 is 0. The van der Waals surface area contributed by atoms with Gasteiger partial charge in [0.1, 0.15) is 0 Å². The van der Waals surface area contributed by atoms with Crippen LogP contribution in [0.2, 0.25) is 0 Å². The molecule has 2 heterocycles. The molecule has 0 saturated heterocycles. The Hall–Kier alpha value is -4.81. The van der Waals surface area contributed by atoms with E-state index >= 15 is 0 Å². The van der Waals surface area contributed by atoms with E-state index < -0.39 is 0 Å². The molecule has 3 nitrogen and oxygen atoms in total. The normalized spacial score (nSPS) is 11.5. The Morgan fingerprint density at radius 3 is 1.56 bits per heavy atom. The smallest absolute Gasteiger partial charge is 0.187 e. The first-order valence-corrected chi connectivity index (χ1v) is 11.3. The van der Waals surface area contributed by atoms with Gasteiger partial charge in [-0.25, -0.2) is 4.85 Å². The van der Waals surface area contributed by atoms with Crippen molar-refractivity contribution in [1.82, 2.24) is 9.13 Å². The molecular weight excluding hydrogens is 414 g/mol.